The molecule has 3 N–H and O–H groups in total. The molecule has 1 aromatic carbocycles. The SMILES string of the molecule is CN(C)CCNc1cc(Nc2ccc(C(=O)N3CCC(N4CCOCC4)CC3)c3c2OCCO3)nc2[nH]cc(C(F)(F)F)c12. The number of alkyl halides is 3. The zero-order valence-electron chi connectivity index (χ0n) is 24.9. The van der Waals surface area contributed by atoms with Crippen molar-refractivity contribution in [1.82, 2.24) is 24.7 Å². The van der Waals surface area contributed by atoms with E-state index in [1.807, 2.05) is 23.9 Å². The van der Waals surface area contributed by atoms with Crippen LogP contribution < -0.4 is 20.1 Å². The first-order valence-corrected chi connectivity index (χ1v) is 15.0. The largest absolute Gasteiger partial charge is 0.485 e. The number of hydrogen-bond acceptors (Lipinski definition) is 9. The van der Waals surface area contributed by atoms with E-state index in [0.29, 0.717) is 79.7 Å². The number of anilines is 3. The number of nitrogens with one attached hydrogen (secondary N) is 3. The maximum atomic E-state index is 13.8. The molecule has 2 fully saturated rings. The number of carbonyl (C=O) groups is 1. The van der Waals surface area contributed by atoms with Gasteiger partial charge in [0.25, 0.3) is 5.91 Å². The number of benzene rings is 1. The van der Waals surface area contributed by atoms with E-state index in [0.717, 1.165) is 45.3 Å². The second-order valence-corrected chi connectivity index (χ2v) is 11.5. The van der Waals surface area contributed by atoms with Gasteiger partial charge in [0.1, 0.15) is 24.7 Å². The Morgan fingerprint density at radius 1 is 1.05 bits per heavy atom. The number of ether oxygens (including phenoxy) is 3. The Labute approximate surface area is 253 Å². The fourth-order valence-corrected chi connectivity index (χ4v) is 6.06. The van der Waals surface area contributed by atoms with Crippen molar-refractivity contribution >= 4 is 34.1 Å². The molecule has 0 spiro atoms. The summed E-state index contributed by atoms with van der Waals surface area (Å²) in [6.07, 6.45) is -1.81. The Balaban J connectivity index is 1.24. The number of nitrogens with zero attached hydrogens (tertiary/aromatic N) is 4. The summed E-state index contributed by atoms with van der Waals surface area (Å²) in [6.45, 7) is 6.30. The number of carbonyl (C=O) groups excluding carboxylic acids is 1. The first-order chi connectivity index (χ1) is 21.2. The predicted molar refractivity (Wildman–Crippen MR) is 160 cm³/mol. The zero-order chi connectivity index (χ0) is 30.8. The third-order valence-electron chi connectivity index (χ3n) is 8.32. The van der Waals surface area contributed by atoms with Crippen LogP contribution in [0.2, 0.25) is 0 Å². The molecule has 3 aromatic rings. The summed E-state index contributed by atoms with van der Waals surface area (Å²) in [4.78, 5) is 27.0. The van der Waals surface area contributed by atoms with E-state index >= 15 is 0 Å². The van der Waals surface area contributed by atoms with Crippen LogP contribution in [0.15, 0.2) is 24.4 Å². The van der Waals surface area contributed by atoms with Crippen molar-refractivity contribution in [1.29, 1.82) is 0 Å². The molecule has 3 aliphatic heterocycles. The van der Waals surface area contributed by atoms with Crippen molar-refractivity contribution in [3.05, 3.63) is 35.5 Å². The van der Waals surface area contributed by atoms with Crippen LogP contribution in [0, 0.1) is 0 Å². The lowest BCUT2D eigenvalue weighted by Crippen LogP contribution is -2.50. The second kappa shape index (κ2) is 12.7. The van der Waals surface area contributed by atoms with Crippen LogP contribution in [0.1, 0.15) is 28.8 Å². The number of pyridine rings is 1. The summed E-state index contributed by atoms with van der Waals surface area (Å²) in [7, 11) is 3.78. The quantitative estimate of drug-likeness (QED) is 0.346. The maximum Gasteiger partial charge on any atom is 0.418 e. The van der Waals surface area contributed by atoms with E-state index in [4.69, 9.17) is 14.2 Å². The highest BCUT2D eigenvalue weighted by Gasteiger charge is 2.36. The number of likely N-dealkylation sites (tertiary alicyclic amines) is 1. The number of morpholine rings is 1. The number of aromatic amines is 1. The third-order valence-corrected chi connectivity index (χ3v) is 8.32. The van der Waals surface area contributed by atoms with Gasteiger partial charge in [0.15, 0.2) is 11.5 Å². The third kappa shape index (κ3) is 6.37. The van der Waals surface area contributed by atoms with E-state index in [2.05, 4.69) is 25.5 Å². The number of piperidine rings is 1. The normalized spacial score (nSPS) is 18.2. The number of rotatable bonds is 8. The number of halogens is 3. The molecule has 238 valence electrons. The minimum atomic E-state index is -4.54. The molecular formula is C30H38F3N7O4. The smallest absolute Gasteiger partial charge is 0.418 e. The molecule has 6 rings (SSSR count). The van der Waals surface area contributed by atoms with Gasteiger partial charge in [-0.1, -0.05) is 0 Å². The molecular weight excluding hydrogens is 579 g/mol. The van der Waals surface area contributed by atoms with E-state index in [1.54, 1.807) is 18.2 Å². The second-order valence-electron chi connectivity index (χ2n) is 11.5. The first kappa shape index (κ1) is 30.3. The molecule has 0 atom stereocenters. The molecule has 0 aliphatic carbocycles. The lowest BCUT2D eigenvalue weighted by Gasteiger charge is -2.40. The van der Waals surface area contributed by atoms with Gasteiger partial charge in [0.2, 0.25) is 0 Å². The van der Waals surface area contributed by atoms with Crippen LogP contribution >= 0.6 is 0 Å². The van der Waals surface area contributed by atoms with Crippen molar-refractivity contribution in [2.24, 2.45) is 0 Å². The predicted octanol–water partition coefficient (Wildman–Crippen LogP) is 4.01. The standard InChI is InChI=1S/C30H38F3N7O4/c1-38(2)10-7-34-23-17-24(37-28-25(23)21(18-35-28)30(31,32)33)36-22-4-3-20(26-27(22)44-16-15-43-26)29(41)40-8-5-19(6-9-40)39-11-13-42-14-12-39/h3-4,17-19H,5-16H2,1-2H3,(H3,34,35,36,37). The van der Waals surface area contributed by atoms with Crippen molar-refractivity contribution in [3.8, 4) is 11.5 Å². The van der Waals surface area contributed by atoms with Gasteiger partial charge in [-0.15, -0.1) is 0 Å². The Bertz CT molecular complexity index is 1480. The molecule has 0 bridgehead atoms. The maximum absolute atomic E-state index is 13.8. The van der Waals surface area contributed by atoms with Crippen molar-refractivity contribution in [2.45, 2.75) is 25.1 Å². The molecule has 0 radical (unpaired) electrons. The van der Waals surface area contributed by atoms with Crippen molar-refractivity contribution in [3.63, 3.8) is 0 Å². The number of likely N-dealkylation sites (N-methyl/N-ethyl adjacent to an activating group) is 1. The van der Waals surface area contributed by atoms with Gasteiger partial charge in [-0.05, 0) is 39.1 Å². The number of amides is 1. The zero-order valence-corrected chi connectivity index (χ0v) is 24.9. The van der Waals surface area contributed by atoms with Crippen molar-refractivity contribution < 1.29 is 32.2 Å². The van der Waals surface area contributed by atoms with E-state index in [-0.39, 0.29) is 16.9 Å². The molecule has 0 saturated carbocycles. The van der Waals surface area contributed by atoms with Gasteiger partial charge in [0, 0.05) is 63.3 Å². The van der Waals surface area contributed by atoms with E-state index in [1.165, 1.54) is 0 Å². The highest BCUT2D eigenvalue weighted by atomic mass is 19.4. The van der Waals surface area contributed by atoms with E-state index in [9.17, 15) is 18.0 Å². The summed E-state index contributed by atoms with van der Waals surface area (Å²) in [5, 5.41) is 6.30. The van der Waals surface area contributed by atoms with Gasteiger partial charge in [0.05, 0.1) is 35.4 Å². The molecule has 0 unspecified atom stereocenters. The monoisotopic (exact) mass is 617 g/mol. The molecule has 5 heterocycles. The average Bonchev–Trinajstić information content (AvgIpc) is 3.46. The van der Waals surface area contributed by atoms with E-state index < -0.39 is 11.7 Å². The van der Waals surface area contributed by atoms with Crippen LogP contribution in [0.25, 0.3) is 11.0 Å². The first-order valence-electron chi connectivity index (χ1n) is 15.0. The molecule has 14 heteroatoms. The van der Waals surface area contributed by atoms with Gasteiger partial charge in [-0.3, -0.25) is 9.69 Å². The summed E-state index contributed by atoms with van der Waals surface area (Å²) >= 11 is 0. The van der Waals surface area contributed by atoms with Crippen molar-refractivity contribution in [2.75, 3.05) is 90.4 Å². The number of aromatic nitrogens is 2. The summed E-state index contributed by atoms with van der Waals surface area (Å²) in [5.41, 5.74) is 0.517. The average molecular weight is 618 g/mol. The van der Waals surface area contributed by atoms with Crippen LogP contribution in [-0.2, 0) is 10.9 Å². The Hall–Kier alpha value is -3.75. The number of H-pyrrole nitrogens is 1. The summed E-state index contributed by atoms with van der Waals surface area (Å²) in [5.74, 6) is 0.917. The minimum Gasteiger partial charge on any atom is -0.485 e. The molecule has 2 aromatic heterocycles. The Morgan fingerprint density at radius 3 is 2.48 bits per heavy atom. The lowest BCUT2D eigenvalue weighted by atomic mass is 10.0. The molecule has 11 nitrogen and oxygen atoms in total. The van der Waals surface area contributed by atoms with Crippen LogP contribution in [0.4, 0.5) is 30.4 Å². The Kier molecular flexibility index (Phi) is 8.74. The number of hydrogen-bond donors (Lipinski definition) is 3. The summed E-state index contributed by atoms with van der Waals surface area (Å²) < 4.78 is 58.8. The minimum absolute atomic E-state index is 0.0262. The molecule has 2 saturated heterocycles. The highest BCUT2D eigenvalue weighted by molar-refractivity contribution is 6.00. The van der Waals surface area contributed by atoms with Gasteiger partial charge >= 0.3 is 6.18 Å². The lowest BCUT2D eigenvalue weighted by molar-refractivity contribution is -0.136. The van der Waals surface area contributed by atoms with Crippen LogP contribution in [0.5, 0.6) is 11.5 Å². The van der Waals surface area contributed by atoms with Gasteiger partial charge in [-0.2, -0.15) is 13.2 Å². The van der Waals surface area contributed by atoms with Gasteiger partial charge < -0.3 is 39.6 Å². The molecule has 44 heavy (non-hydrogen) atoms. The Morgan fingerprint density at radius 2 is 1.77 bits per heavy atom. The fraction of sp³-hybridized carbons (Fsp3) is 0.533. The fourth-order valence-electron chi connectivity index (χ4n) is 6.06. The summed E-state index contributed by atoms with van der Waals surface area (Å²) in [6, 6.07) is 5.43. The molecule has 1 amide bonds. The van der Waals surface area contributed by atoms with Crippen LogP contribution in [0.3, 0.4) is 0 Å². The highest BCUT2D eigenvalue weighted by Crippen LogP contribution is 2.44. The molecule has 3 aliphatic rings. The van der Waals surface area contributed by atoms with Gasteiger partial charge in [-0.25, -0.2) is 4.98 Å². The van der Waals surface area contributed by atoms with Crippen LogP contribution in [-0.4, -0.2) is 116 Å². The number of fused-ring (bicyclic) bond motifs is 2. The topological polar surface area (TPSA) is 107 Å².